The number of hydrogen-bond acceptors (Lipinski definition) is 4. The van der Waals surface area contributed by atoms with Gasteiger partial charge in [-0.1, -0.05) is 41.1 Å². The molecule has 1 amide bonds. The Morgan fingerprint density at radius 2 is 2.04 bits per heavy atom. The Balaban J connectivity index is 1.58. The van der Waals surface area contributed by atoms with E-state index in [-0.39, 0.29) is 17.8 Å². The van der Waals surface area contributed by atoms with Crippen LogP contribution in [0.2, 0.25) is 0 Å². The molecule has 1 saturated heterocycles. The number of aromatic nitrogens is 2. The van der Waals surface area contributed by atoms with Crippen LogP contribution in [-0.4, -0.2) is 20.9 Å². The van der Waals surface area contributed by atoms with E-state index in [9.17, 15) is 9.18 Å². The number of amides is 1. The van der Waals surface area contributed by atoms with Crippen LogP contribution in [0.4, 0.5) is 4.39 Å². The van der Waals surface area contributed by atoms with Crippen molar-refractivity contribution in [2.75, 3.05) is 0 Å². The topological polar surface area (TPSA) is 59.2 Å². The molecule has 1 aromatic heterocycles. The molecule has 0 aliphatic carbocycles. The SMILES string of the molecule is Cc1cccc(-c2noc(C3CCC(=O)N3Cc3ccc(F)cc3)n2)c1. The highest BCUT2D eigenvalue weighted by Crippen LogP contribution is 2.34. The summed E-state index contributed by atoms with van der Waals surface area (Å²) in [5, 5.41) is 4.08. The van der Waals surface area contributed by atoms with Gasteiger partial charge in [0.1, 0.15) is 11.9 Å². The molecule has 0 saturated carbocycles. The predicted molar refractivity (Wildman–Crippen MR) is 93.4 cm³/mol. The van der Waals surface area contributed by atoms with E-state index in [1.165, 1.54) is 12.1 Å². The van der Waals surface area contributed by atoms with E-state index in [2.05, 4.69) is 10.1 Å². The number of halogens is 1. The molecule has 1 fully saturated rings. The van der Waals surface area contributed by atoms with Crippen LogP contribution in [0.3, 0.4) is 0 Å². The Morgan fingerprint density at radius 3 is 2.81 bits per heavy atom. The number of nitrogens with zero attached hydrogens (tertiary/aromatic N) is 3. The summed E-state index contributed by atoms with van der Waals surface area (Å²) in [6.45, 7) is 2.40. The van der Waals surface area contributed by atoms with Gasteiger partial charge in [-0.15, -0.1) is 0 Å². The quantitative estimate of drug-likeness (QED) is 0.711. The summed E-state index contributed by atoms with van der Waals surface area (Å²) < 4.78 is 18.6. The summed E-state index contributed by atoms with van der Waals surface area (Å²) in [5.41, 5.74) is 2.86. The van der Waals surface area contributed by atoms with Gasteiger partial charge >= 0.3 is 0 Å². The molecule has 2 aromatic carbocycles. The van der Waals surface area contributed by atoms with E-state index in [0.29, 0.717) is 31.1 Å². The van der Waals surface area contributed by atoms with Gasteiger partial charge in [-0.3, -0.25) is 4.79 Å². The van der Waals surface area contributed by atoms with Crippen molar-refractivity contribution in [3.05, 3.63) is 71.4 Å². The van der Waals surface area contributed by atoms with Crippen LogP contribution in [0, 0.1) is 12.7 Å². The van der Waals surface area contributed by atoms with Crippen LogP contribution in [0.1, 0.15) is 35.9 Å². The van der Waals surface area contributed by atoms with E-state index >= 15 is 0 Å². The third-order valence-electron chi connectivity index (χ3n) is 4.60. The van der Waals surface area contributed by atoms with Crippen LogP contribution in [0.25, 0.3) is 11.4 Å². The zero-order chi connectivity index (χ0) is 18.1. The lowest BCUT2D eigenvalue weighted by atomic mass is 10.1. The van der Waals surface area contributed by atoms with Gasteiger partial charge in [-0.05, 0) is 37.1 Å². The average molecular weight is 351 g/mol. The summed E-state index contributed by atoms with van der Waals surface area (Å²) in [7, 11) is 0. The Kier molecular flexibility index (Phi) is 4.24. The number of aryl methyl sites for hydroxylation is 1. The third kappa shape index (κ3) is 3.22. The van der Waals surface area contributed by atoms with Gasteiger partial charge < -0.3 is 9.42 Å². The van der Waals surface area contributed by atoms with Gasteiger partial charge in [-0.2, -0.15) is 4.98 Å². The normalized spacial score (nSPS) is 17.1. The number of hydrogen-bond donors (Lipinski definition) is 0. The molecule has 0 N–H and O–H groups in total. The summed E-state index contributed by atoms with van der Waals surface area (Å²) in [5.74, 6) is 0.701. The van der Waals surface area contributed by atoms with Crippen LogP contribution in [0.5, 0.6) is 0 Å². The maximum absolute atomic E-state index is 13.1. The summed E-state index contributed by atoms with van der Waals surface area (Å²) in [6, 6.07) is 13.8. The zero-order valence-electron chi connectivity index (χ0n) is 14.4. The second-order valence-electron chi connectivity index (χ2n) is 6.53. The minimum atomic E-state index is -0.294. The molecular weight excluding hydrogens is 333 g/mol. The van der Waals surface area contributed by atoms with Crippen molar-refractivity contribution in [2.24, 2.45) is 0 Å². The Bertz CT molecular complexity index is 936. The van der Waals surface area contributed by atoms with Crippen molar-refractivity contribution in [1.29, 1.82) is 0 Å². The van der Waals surface area contributed by atoms with Gasteiger partial charge in [0.25, 0.3) is 0 Å². The lowest BCUT2D eigenvalue weighted by Gasteiger charge is -2.22. The van der Waals surface area contributed by atoms with Crippen molar-refractivity contribution >= 4 is 5.91 Å². The minimum absolute atomic E-state index is 0.0367. The van der Waals surface area contributed by atoms with Gasteiger partial charge in [0.15, 0.2) is 0 Å². The predicted octanol–water partition coefficient (Wildman–Crippen LogP) is 4.05. The smallest absolute Gasteiger partial charge is 0.249 e. The number of benzene rings is 2. The molecule has 2 heterocycles. The molecule has 1 aliphatic heterocycles. The Labute approximate surface area is 150 Å². The number of likely N-dealkylation sites (tertiary alicyclic amines) is 1. The molecule has 0 spiro atoms. The van der Waals surface area contributed by atoms with Crippen molar-refractivity contribution in [2.45, 2.75) is 32.4 Å². The first kappa shape index (κ1) is 16.4. The summed E-state index contributed by atoms with van der Waals surface area (Å²) >= 11 is 0. The van der Waals surface area contributed by atoms with Gasteiger partial charge in [-0.25, -0.2) is 4.39 Å². The molecule has 0 radical (unpaired) electrons. The van der Waals surface area contributed by atoms with Gasteiger partial charge in [0.05, 0.1) is 0 Å². The van der Waals surface area contributed by atoms with Crippen molar-refractivity contribution in [1.82, 2.24) is 15.0 Å². The zero-order valence-corrected chi connectivity index (χ0v) is 14.4. The maximum atomic E-state index is 13.1. The molecule has 5 nitrogen and oxygen atoms in total. The lowest BCUT2D eigenvalue weighted by Crippen LogP contribution is -2.27. The molecule has 1 unspecified atom stereocenters. The number of carbonyl (C=O) groups excluding carboxylic acids is 1. The minimum Gasteiger partial charge on any atom is -0.337 e. The molecule has 1 atom stereocenters. The first-order valence-corrected chi connectivity index (χ1v) is 8.55. The highest BCUT2D eigenvalue weighted by Gasteiger charge is 2.36. The van der Waals surface area contributed by atoms with E-state index in [0.717, 1.165) is 16.7 Å². The molecular formula is C20H18FN3O2. The third-order valence-corrected chi connectivity index (χ3v) is 4.60. The van der Waals surface area contributed by atoms with E-state index < -0.39 is 0 Å². The Morgan fingerprint density at radius 1 is 1.23 bits per heavy atom. The van der Waals surface area contributed by atoms with E-state index in [1.54, 1.807) is 17.0 Å². The highest BCUT2D eigenvalue weighted by atomic mass is 19.1. The van der Waals surface area contributed by atoms with Crippen LogP contribution in [0.15, 0.2) is 53.1 Å². The largest absolute Gasteiger partial charge is 0.337 e. The van der Waals surface area contributed by atoms with Crippen molar-refractivity contribution in [3.63, 3.8) is 0 Å². The Hall–Kier alpha value is -3.02. The number of carbonyl (C=O) groups is 1. The van der Waals surface area contributed by atoms with Crippen LogP contribution < -0.4 is 0 Å². The van der Waals surface area contributed by atoms with Crippen LogP contribution in [-0.2, 0) is 11.3 Å². The number of rotatable bonds is 4. The molecule has 3 aromatic rings. The fourth-order valence-electron chi connectivity index (χ4n) is 3.25. The average Bonchev–Trinajstić information content (AvgIpc) is 3.25. The first-order chi connectivity index (χ1) is 12.6. The first-order valence-electron chi connectivity index (χ1n) is 8.55. The van der Waals surface area contributed by atoms with Crippen molar-refractivity contribution < 1.29 is 13.7 Å². The monoisotopic (exact) mass is 351 g/mol. The van der Waals surface area contributed by atoms with Crippen molar-refractivity contribution in [3.8, 4) is 11.4 Å². The summed E-state index contributed by atoms with van der Waals surface area (Å²) in [6.07, 6.45) is 1.07. The summed E-state index contributed by atoms with van der Waals surface area (Å²) in [4.78, 5) is 18.5. The second-order valence-corrected chi connectivity index (χ2v) is 6.53. The fourth-order valence-corrected chi connectivity index (χ4v) is 3.25. The fraction of sp³-hybridized carbons (Fsp3) is 0.250. The molecule has 26 heavy (non-hydrogen) atoms. The van der Waals surface area contributed by atoms with E-state index in [1.807, 2.05) is 31.2 Å². The molecule has 0 bridgehead atoms. The van der Waals surface area contributed by atoms with Crippen LogP contribution >= 0.6 is 0 Å². The highest BCUT2D eigenvalue weighted by molar-refractivity contribution is 5.78. The van der Waals surface area contributed by atoms with Gasteiger partial charge in [0.2, 0.25) is 17.6 Å². The maximum Gasteiger partial charge on any atom is 0.249 e. The molecule has 6 heteroatoms. The molecule has 1 aliphatic rings. The lowest BCUT2D eigenvalue weighted by molar-refractivity contribution is -0.129. The standard InChI is InChI=1S/C20H18FN3O2/c1-13-3-2-4-15(11-13)19-22-20(26-23-19)17-9-10-18(25)24(17)12-14-5-7-16(21)8-6-14/h2-8,11,17H,9-10,12H2,1H3. The molecule has 132 valence electrons. The second kappa shape index (κ2) is 6.71. The molecule has 4 rings (SSSR count). The van der Waals surface area contributed by atoms with E-state index in [4.69, 9.17) is 4.52 Å². The van der Waals surface area contributed by atoms with Gasteiger partial charge in [0, 0.05) is 18.5 Å².